The average molecular weight is 555 g/mol. The van der Waals surface area contributed by atoms with Crippen molar-refractivity contribution in [2.75, 3.05) is 79.5 Å². The summed E-state index contributed by atoms with van der Waals surface area (Å²) in [7, 11) is 1.85. The standard InChI is InChI=1S/C17H33NO6.C8H17NO4.CH4/c1-16(2,3)23-14(19)7-9-21-11-12-22-10-8-18-13-15(20)24-17(4,5)6;1-9-3-5-13-7-6-12-4-2-8(10)11;/h18H,7-13H2,1-6H3;9H,2-7H2,1H3,(H,10,11);1H4. The van der Waals surface area contributed by atoms with Crippen LogP contribution in [0.15, 0.2) is 0 Å². The molecule has 0 aliphatic heterocycles. The highest BCUT2D eigenvalue weighted by molar-refractivity contribution is 5.72. The fourth-order valence-corrected chi connectivity index (χ4v) is 2.24. The number of aliphatic carboxylic acids is 1. The molecule has 0 atom stereocenters. The van der Waals surface area contributed by atoms with Gasteiger partial charge in [-0.05, 0) is 48.6 Å². The van der Waals surface area contributed by atoms with Gasteiger partial charge < -0.3 is 44.2 Å². The summed E-state index contributed by atoms with van der Waals surface area (Å²) in [4.78, 5) is 32.9. The second-order valence-electron chi connectivity index (χ2n) is 9.80. The summed E-state index contributed by atoms with van der Waals surface area (Å²) in [5.41, 5.74) is -0.932. The van der Waals surface area contributed by atoms with Gasteiger partial charge in [0.25, 0.3) is 0 Å². The van der Waals surface area contributed by atoms with Gasteiger partial charge in [-0.3, -0.25) is 14.4 Å². The SMILES string of the molecule is C.CC(C)(C)OC(=O)CCOCCOCCNCC(=O)OC(C)(C)C.CNCCOCCOCCC(=O)O. The highest BCUT2D eigenvalue weighted by atomic mass is 16.6. The van der Waals surface area contributed by atoms with Gasteiger partial charge in [-0.15, -0.1) is 0 Å². The summed E-state index contributed by atoms with van der Waals surface area (Å²) < 4.78 is 31.1. The average Bonchev–Trinajstić information content (AvgIpc) is 2.74. The van der Waals surface area contributed by atoms with Crippen LogP contribution in [0.3, 0.4) is 0 Å². The lowest BCUT2D eigenvalue weighted by Gasteiger charge is -2.19. The Labute approximate surface area is 229 Å². The molecule has 0 heterocycles. The number of carboxylic acid groups (broad SMARTS) is 1. The third-order valence-corrected chi connectivity index (χ3v) is 3.68. The number of carbonyl (C=O) groups excluding carboxylic acids is 2. The van der Waals surface area contributed by atoms with Crippen LogP contribution >= 0.6 is 0 Å². The predicted octanol–water partition coefficient (Wildman–Crippen LogP) is 2.03. The molecule has 12 nitrogen and oxygen atoms in total. The van der Waals surface area contributed by atoms with E-state index in [9.17, 15) is 14.4 Å². The van der Waals surface area contributed by atoms with Crippen molar-refractivity contribution in [2.24, 2.45) is 0 Å². The van der Waals surface area contributed by atoms with Crippen LogP contribution in [0.25, 0.3) is 0 Å². The van der Waals surface area contributed by atoms with E-state index in [0.29, 0.717) is 52.8 Å². The number of hydrogen-bond donors (Lipinski definition) is 3. The largest absolute Gasteiger partial charge is 0.481 e. The topological polar surface area (TPSA) is 151 Å². The van der Waals surface area contributed by atoms with E-state index < -0.39 is 17.2 Å². The number of hydrogen-bond acceptors (Lipinski definition) is 11. The van der Waals surface area contributed by atoms with Gasteiger partial charge in [-0.1, -0.05) is 7.43 Å². The molecule has 3 N–H and O–H groups in total. The Balaban J connectivity index is -0.000000743. The Bertz CT molecular complexity index is 554. The third-order valence-electron chi connectivity index (χ3n) is 3.68. The second kappa shape index (κ2) is 25.4. The molecule has 0 aromatic rings. The van der Waals surface area contributed by atoms with Crippen LogP contribution < -0.4 is 10.6 Å². The van der Waals surface area contributed by atoms with Gasteiger partial charge in [0.1, 0.15) is 11.2 Å². The summed E-state index contributed by atoms with van der Waals surface area (Å²) in [6.45, 7) is 16.0. The molecule has 38 heavy (non-hydrogen) atoms. The molecule has 12 heteroatoms. The van der Waals surface area contributed by atoms with Crippen LogP contribution in [-0.2, 0) is 42.8 Å². The van der Waals surface area contributed by atoms with Crippen molar-refractivity contribution in [3.05, 3.63) is 0 Å². The van der Waals surface area contributed by atoms with Crippen LogP contribution in [-0.4, -0.2) is 114 Å². The minimum Gasteiger partial charge on any atom is -0.481 e. The molecule has 0 aromatic heterocycles. The number of ether oxygens (including phenoxy) is 6. The first-order valence-corrected chi connectivity index (χ1v) is 12.6. The van der Waals surface area contributed by atoms with E-state index in [0.717, 1.165) is 6.54 Å². The van der Waals surface area contributed by atoms with Crippen LogP contribution in [0, 0.1) is 0 Å². The molecule has 0 unspecified atom stereocenters. The smallest absolute Gasteiger partial charge is 0.320 e. The number of likely N-dealkylation sites (N-methyl/N-ethyl adjacent to an activating group) is 1. The first-order chi connectivity index (χ1) is 17.3. The van der Waals surface area contributed by atoms with Gasteiger partial charge in [-0.25, -0.2) is 0 Å². The zero-order valence-electron chi connectivity index (χ0n) is 23.8. The fraction of sp³-hybridized carbons (Fsp3) is 0.885. The number of carbonyl (C=O) groups is 3. The van der Waals surface area contributed by atoms with E-state index in [1.54, 1.807) is 0 Å². The molecule has 0 rings (SSSR count). The third kappa shape index (κ3) is 38.7. The summed E-state index contributed by atoms with van der Waals surface area (Å²) in [6, 6.07) is 0. The predicted molar refractivity (Wildman–Crippen MR) is 145 cm³/mol. The zero-order valence-corrected chi connectivity index (χ0v) is 23.8. The van der Waals surface area contributed by atoms with Gasteiger partial charge in [0.15, 0.2) is 0 Å². The van der Waals surface area contributed by atoms with E-state index in [-0.39, 0.29) is 45.4 Å². The Hall–Kier alpha value is -1.83. The van der Waals surface area contributed by atoms with Crippen LogP contribution in [0.2, 0.25) is 0 Å². The van der Waals surface area contributed by atoms with Crippen molar-refractivity contribution in [1.29, 1.82) is 0 Å². The number of nitrogens with one attached hydrogen (secondary N) is 2. The van der Waals surface area contributed by atoms with Crippen LogP contribution in [0.4, 0.5) is 0 Å². The Kier molecular flexibility index (Phi) is 27.2. The van der Waals surface area contributed by atoms with Crippen LogP contribution in [0.1, 0.15) is 61.8 Å². The molecule has 0 aromatic carbocycles. The summed E-state index contributed by atoms with van der Waals surface area (Å²) >= 11 is 0. The minimum absolute atomic E-state index is 0. The molecule has 228 valence electrons. The molecule has 0 bridgehead atoms. The van der Waals surface area contributed by atoms with Crippen molar-refractivity contribution in [3.8, 4) is 0 Å². The molecule has 0 aliphatic rings. The Morgan fingerprint density at radius 3 is 1.50 bits per heavy atom. The van der Waals surface area contributed by atoms with Gasteiger partial charge in [-0.2, -0.15) is 0 Å². The second-order valence-corrected chi connectivity index (χ2v) is 9.80. The van der Waals surface area contributed by atoms with Gasteiger partial charge in [0, 0.05) is 13.1 Å². The van der Waals surface area contributed by atoms with Crippen molar-refractivity contribution in [1.82, 2.24) is 10.6 Å². The Morgan fingerprint density at radius 1 is 0.632 bits per heavy atom. The zero-order chi connectivity index (χ0) is 28.6. The maximum absolute atomic E-state index is 11.4. The summed E-state index contributed by atoms with van der Waals surface area (Å²) in [5, 5.41) is 14.2. The quantitative estimate of drug-likeness (QED) is 0.149. The maximum Gasteiger partial charge on any atom is 0.320 e. The number of carboxylic acids is 1. The fourth-order valence-electron chi connectivity index (χ4n) is 2.24. The van der Waals surface area contributed by atoms with E-state index in [2.05, 4.69) is 10.6 Å². The summed E-state index contributed by atoms with van der Waals surface area (Å²) in [5.74, 6) is -1.39. The van der Waals surface area contributed by atoms with Crippen molar-refractivity contribution < 1.29 is 47.9 Å². The normalized spacial score (nSPS) is 11.1. The summed E-state index contributed by atoms with van der Waals surface area (Å²) in [6.07, 6.45) is 0.283. The Morgan fingerprint density at radius 2 is 1.05 bits per heavy atom. The van der Waals surface area contributed by atoms with Gasteiger partial charge in [0.2, 0.25) is 0 Å². The number of esters is 2. The van der Waals surface area contributed by atoms with E-state index in [1.807, 2.05) is 48.6 Å². The molecular weight excluding hydrogens is 500 g/mol. The van der Waals surface area contributed by atoms with E-state index >= 15 is 0 Å². The molecule has 0 spiro atoms. The lowest BCUT2D eigenvalue weighted by molar-refractivity contribution is -0.156. The maximum atomic E-state index is 11.4. The van der Waals surface area contributed by atoms with Crippen LogP contribution in [0.5, 0.6) is 0 Å². The molecule has 0 saturated carbocycles. The first kappa shape index (κ1) is 40.7. The molecule has 0 saturated heterocycles. The van der Waals surface area contributed by atoms with Gasteiger partial charge in [0.05, 0.1) is 72.2 Å². The molecule has 0 fully saturated rings. The lowest BCUT2D eigenvalue weighted by atomic mass is 10.2. The molecular formula is C26H54N2O10. The van der Waals surface area contributed by atoms with Crippen molar-refractivity contribution in [2.45, 2.75) is 73.0 Å². The molecule has 0 amide bonds. The highest BCUT2D eigenvalue weighted by Crippen LogP contribution is 2.08. The van der Waals surface area contributed by atoms with Crippen molar-refractivity contribution in [3.63, 3.8) is 0 Å². The first-order valence-electron chi connectivity index (χ1n) is 12.6. The molecule has 0 radical (unpaired) electrons. The van der Waals surface area contributed by atoms with Gasteiger partial charge >= 0.3 is 17.9 Å². The minimum atomic E-state index is -0.837. The molecule has 0 aliphatic carbocycles. The van der Waals surface area contributed by atoms with E-state index in [4.69, 9.17) is 33.5 Å². The van der Waals surface area contributed by atoms with Crippen molar-refractivity contribution >= 4 is 17.9 Å². The monoisotopic (exact) mass is 554 g/mol. The lowest BCUT2D eigenvalue weighted by Crippen LogP contribution is -2.33. The number of rotatable bonds is 20. The van der Waals surface area contributed by atoms with E-state index in [1.165, 1.54) is 0 Å². The highest BCUT2D eigenvalue weighted by Gasteiger charge is 2.16.